The molecule has 124 valence electrons. The molecule has 1 unspecified atom stereocenters. The number of anilines is 1. The van der Waals surface area contributed by atoms with Gasteiger partial charge in [0, 0.05) is 5.69 Å². The molecule has 22 heavy (non-hydrogen) atoms. The van der Waals surface area contributed by atoms with Gasteiger partial charge < -0.3 is 15.8 Å². The molecule has 1 amide bonds. The first-order valence-electron chi connectivity index (χ1n) is 6.64. The van der Waals surface area contributed by atoms with Crippen molar-refractivity contribution in [2.45, 2.75) is 38.3 Å². The van der Waals surface area contributed by atoms with Crippen molar-refractivity contribution >= 4 is 11.6 Å². The molecule has 1 aromatic carbocycles. The first-order valence-corrected chi connectivity index (χ1v) is 6.64. The molecule has 0 heterocycles. The number of nitrogens with two attached hydrogens (primary N) is 1. The van der Waals surface area contributed by atoms with E-state index in [0.29, 0.717) is 17.7 Å². The number of hydrogen-bond donors (Lipinski definition) is 2. The smallest absolute Gasteiger partial charge is 0.330 e. The third-order valence-corrected chi connectivity index (χ3v) is 2.90. The molecule has 0 saturated carbocycles. The molecule has 0 radical (unpaired) electrons. The first kappa shape index (κ1) is 18.2. The molecular formula is C14H18F4N2O2. The number of carbonyl (C=O) groups is 1. The summed E-state index contributed by atoms with van der Waals surface area (Å²) in [5, 5.41) is 2.90. The summed E-state index contributed by atoms with van der Waals surface area (Å²) < 4.78 is 54.0. The van der Waals surface area contributed by atoms with Gasteiger partial charge in [0.25, 0.3) is 0 Å². The summed E-state index contributed by atoms with van der Waals surface area (Å²) in [6.45, 7) is 0.175. The van der Waals surface area contributed by atoms with Crippen LogP contribution in [0, 0.1) is 0 Å². The molecule has 0 aliphatic heterocycles. The van der Waals surface area contributed by atoms with E-state index in [-0.39, 0.29) is 6.61 Å². The Morgan fingerprint density at radius 2 is 2.09 bits per heavy atom. The van der Waals surface area contributed by atoms with Gasteiger partial charge in [-0.25, -0.2) is 8.78 Å². The Hall–Kier alpha value is -1.83. The van der Waals surface area contributed by atoms with Crippen molar-refractivity contribution in [3.8, 4) is 0 Å². The van der Waals surface area contributed by atoms with Crippen LogP contribution in [0.1, 0.15) is 18.9 Å². The summed E-state index contributed by atoms with van der Waals surface area (Å²) in [6, 6.07) is 5.91. The highest BCUT2D eigenvalue weighted by atomic mass is 19.3. The lowest BCUT2D eigenvalue weighted by atomic mass is 10.1. The minimum atomic E-state index is -4.17. The van der Waals surface area contributed by atoms with Crippen molar-refractivity contribution in [1.82, 2.24) is 0 Å². The zero-order valence-corrected chi connectivity index (χ0v) is 12.0. The second kappa shape index (κ2) is 7.98. The number of amides is 1. The molecule has 0 aliphatic carbocycles. The van der Waals surface area contributed by atoms with Crippen molar-refractivity contribution in [3.05, 3.63) is 29.8 Å². The number of ether oxygens (including phenoxy) is 1. The summed E-state index contributed by atoms with van der Waals surface area (Å²) in [5.41, 5.74) is 6.28. The zero-order valence-electron chi connectivity index (χ0n) is 12.0. The third kappa shape index (κ3) is 5.51. The molecule has 1 rings (SSSR count). The topological polar surface area (TPSA) is 64.3 Å². The molecule has 0 bridgehead atoms. The highest BCUT2D eigenvalue weighted by molar-refractivity contribution is 5.82. The number of rotatable bonds is 9. The van der Waals surface area contributed by atoms with E-state index < -0.39 is 30.9 Å². The van der Waals surface area contributed by atoms with Crippen LogP contribution in [0.25, 0.3) is 0 Å². The van der Waals surface area contributed by atoms with Gasteiger partial charge in [-0.1, -0.05) is 19.1 Å². The Kier molecular flexibility index (Phi) is 6.61. The van der Waals surface area contributed by atoms with Crippen LogP contribution in [0.3, 0.4) is 0 Å². The standard InChI is InChI=1S/C14H18F4N2O2/c1-2-11(12(19)21)20-10-5-3-4-9(6-10)7-22-8-14(17,18)13(15)16/h3-6,11,13,20H,2,7-8H2,1H3,(H2,19,21). The number of hydrogen-bond acceptors (Lipinski definition) is 3. The van der Waals surface area contributed by atoms with Crippen molar-refractivity contribution in [2.75, 3.05) is 11.9 Å². The average molecular weight is 322 g/mol. The molecular weight excluding hydrogens is 304 g/mol. The Balaban J connectivity index is 2.59. The van der Waals surface area contributed by atoms with E-state index in [0.717, 1.165) is 0 Å². The number of primary amides is 1. The van der Waals surface area contributed by atoms with Gasteiger partial charge in [-0.15, -0.1) is 0 Å². The summed E-state index contributed by atoms with van der Waals surface area (Å²) in [4.78, 5) is 11.1. The first-order chi connectivity index (χ1) is 10.3. The predicted octanol–water partition coefficient (Wildman–Crippen LogP) is 2.78. The fourth-order valence-electron chi connectivity index (χ4n) is 1.69. The van der Waals surface area contributed by atoms with Crippen LogP contribution < -0.4 is 11.1 Å². The fraction of sp³-hybridized carbons (Fsp3) is 0.500. The molecule has 4 nitrogen and oxygen atoms in total. The van der Waals surface area contributed by atoms with Crippen LogP contribution in [0.4, 0.5) is 23.2 Å². The van der Waals surface area contributed by atoms with Gasteiger partial charge in [0.1, 0.15) is 12.6 Å². The lowest BCUT2D eigenvalue weighted by molar-refractivity contribution is -0.168. The number of nitrogens with one attached hydrogen (secondary N) is 1. The van der Waals surface area contributed by atoms with Gasteiger partial charge in [0.05, 0.1) is 6.61 Å². The quantitative estimate of drug-likeness (QED) is 0.687. The molecule has 0 aromatic heterocycles. The molecule has 1 aromatic rings. The van der Waals surface area contributed by atoms with E-state index in [2.05, 4.69) is 10.1 Å². The number of benzene rings is 1. The van der Waals surface area contributed by atoms with Gasteiger partial charge in [-0.2, -0.15) is 8.78 Å². The third-order valence-electron chi connectivity index (χ3n) is 2.90. The molecule has 0 saturated heterocycles. The molecule has 1 atom stereocenters. The van der Waals surface area contributed by atoms with E-state index in [1.165, 1.54) is 0 Å². The summed E-state index contributed by atoms with van der Waals surface area (Å²) in [5.74, 6) is -4.68. The van der Waals surface area contributed by atoms with Gasteiger partial charge >= 0.3 is 12.3 Å². The highest BCUT2D eigenvalue weighted by Crippen LogP contribution is 2.23. The summed E-state index contributed by atoms with van der Waals surface area (Å²) in [6.07, 6.45) is -3.28. The summed E-state index contributed by atoms with van der Waals surface area (Å²) >= 11 is 0. The molecule has 0 spiro atoms. The van der Waals surface area contributed by atoms with Crippen molar-refractivity contribution in [1.29, 1.82) is 0 Å². The fourth-order valence-corrected chi connectivity index (χ4v) is 1.69. The van der Waals surface area contributed by atoms with E-state index >= 15 is 0 Å². The normalized spacial score (nSPS) is 13.2. The van der Waals surface area contributed by atoms with E-state index in [4.69, 9.17) is 5.73 Å². The van der Waals surface area contributed by atoms with Gasteiger partial charge in [0.15, 0.2) is 0 Å². The predicted molar refractivity (Wildman–Crippen MR) is 73.9 cm³/mol. The van der Waals surface area contributed by atoms with Crippen LogP contribution in [-0.4, -0.2) is 30.9 Å². The Morgan fingerprint density at radius 1 is 1.41 bits per heavy atom. The van der Waals surface area contributed by atoms with Crippen LogP contribution in [-0.2, 0) is 16.1 Å². The van der Waals surface area contributed by atoms with Crippen molar-refractivity contribution in [3.63, 3.8) is 0 Å². The molecule has 0 aliphatic rings. The maximum atomic E-state index is 12.7. The Morgan fingerprint density at radius 3 is 2.64 bits per heavy atom. The lowest BCUT2D eigenvalue weighted by Gasteiger charge is -2.17. The molecule has 8 heteroatoms. The second-order valence-electron chi connectivity index (χ2n) is 4.76. The van der Waals surface area contributed by atoms with E-state index in [1.54, 1.807) is 31.2 Å². The largest absolute Gasteiger partial charge is 0.374 e. The lowest BCUT2D eigenvalue weighted by Crippen LogP contribution is -2.34. The Bertz CT molecular complexity index is 497. The van der Waals surface area contributed by atoms with Crippen LogP contribution in [0.2, 0.25) is 0 Å². The van der Waals surface area contributed by atoms with Crippen molar-refractivity contribution < 1.29 is 27.1 Å². The van der Waals surface area contributed by atoms with E-state index in [9.17, 15) is 22.4 Å². The average Bonchev–Trinajstić information content (AvgIpc) is 2.44. The minimum Gasteiger partial charge on any atom is -0.374 e. The van der Waals surface area contributed by atoms with Gasteiger partial charge in [-0.05, 0) is 24.1 Å². The molecule has 3 N–H and O–H groups in total. The van der Waals surface area contributed by atoms with E-state index in [1.807, 2.05) is 0 Å². The minimum absolute atomic E-state index is 0.245. The monoisotopic (exact) mass is 322 g/mol. The van der Waals surface area contributed by atoms with Gasteiger partial charge in [0.2, 0.25) is 5.91 Å². The number of alkyl halides is 4. The molecule has 0 fully saturated rings. The van der Waals surface area contributed by atoms with Crippen LogP contribution in [0.5, 0.6) is 0 Å². The number of halogens is 4. The maximum Gasteiger partial charge on any atom is 0.330 e. The Labute approximate surface area is 125 Å². The second-order valence-corrected chi connectivity index (χ2v) is 4.76. The maximum absolute atomic E-state index is 12.7. The highest BCUT2D eigenvalue weighted by Gasteiger charge is 2.40. The SMILES string of the molecule is CCC(Nc1cccc(COCC(F)(F)C(F)F)c1)C(N)=O. The summed E-state index contributed by atoms with van der Waals surface area (Å²) in [7, 11) is 0. The van der Waals surface area contributed by atoms with Gasteiger partial charge in [-0.3, -0.25) is 4.79 Å². The zero-order chi connectivity index (χ0) is 16.8. The van der Waals surface area contributed by atoms with Crippen LogP contribution >= 0.6 is 0 Å². The number of carbonyl (C=O) groups excluding carboxylic acids is 1. The van der Waals surface area contributed by atoms with Crippen LogP contribution in [0.15, 0.2) is 24.3 Å². The van der Waals surface area contributed by atoms with Crippen molar-refractivity contribution in [2.24, 2.45) is 5.73 Å².